The molecule has 0 amide bonds. The number of rotatable bonds is 2. The highest BCUT2D eigenvalue weighted by atomic mass is 35.5. The van der Waals surface area contributed by atoms with Gasteiger partial charge in [-0.3, -0.25) is 4.68 Å². The summed E-state index contributed by atoms with van der Waals surface area (Å²) in [4.78, 5) is 4.29. The molecule has 96 valence electrons. The third-order valence-corrected chi connectivity index (χ3v) is 3.52. The minimum absolute atomic E-state index is 0.726. The Kier molecular flexibility index (Phi) is 2.87. The molecule has 0 atom stereocenters. The van der Waals surface area contributed by atoms with E-state index in [2.05, 4.69) is 15.4 Å². The Bertz CT molecular complexity index is 748. The molecule has 0 radical (unpaired) electrons. The Balaban J connectivity index is 2.24. The van der Waals surface area contributed by atoms with Gasteiger partial charge in [0.15, 0.2) is 0 Å². The number of nitrogens with zero attached hydrogens (tertiary/aromatic N) is 3. The van der Waals surface area contributed by atoms with Gasteiger partial charge in [0.2, 0.25) is 0 Å². The van der Waals surface area contributed by atoms with Crippen molar-refractivity contribution in [2.45, 2.75) is 0 Å². The van der Waals surface area contributed by atoms with Crippen LogP contribution in [-0.4, -0.2) is 21.8 Å². The Hall–Kier alpha value is -2.07. The molecule has 0 fully saturated rings. The van der Waals surface area contributed by atoms with Gasteiger partial charge in [-0.25, -0.2) is 4.98 Å². The van der Waals surface area contributed by atoms with Crippen LogP contribution in [0, 0.1) is 0 Å². The van der Waals surface area contributed by atoms with Crippen LogP contribution in [0.2, 0.25) is 5.02 Å². The summed E-state index contributed by atoms with van der Waals surface area (Å²) >= 11 is 6.52. The van der Waals surface area contributed by atoms with Crippen molar-refractivity contribution < 1.29 is 0 Å². The van der Waals surface area contributed by atoms with Crippen LogP contribution in [0.3, 0.4) is 0 Å². The fourth-order valence-corrected chi connectivity index (χ4v) is 2.44. The van der Waals surface area contributed by atoms with Gasteiger partial charge in [-0.05, 0) is 6.07 Å². The van der Waals surface area contributed by atoms with Crippen molar-refractivity contribution in [3.8, 4) is 11.1 Å². The first-order chi connectivity index (χ1) is 9.19. The van der Waals surface area contributed by atoms with Crippen LogP contribution in [-0.2, 0) is 7.05 Å². The number of fused-ring (bicyclic) bond motifs is 1. The molecule has 0 aliphatic carbocycles. The lowest BCUT2D eigenvalue weighted by Gasteiger charge is -2.07. The predicted octanol–water partition coefficient (Wildman–Crippen LogP) is 3.33. The molecule has 1 N–H and O–H groups in total. The molecule has 1 aromatic carbocycles. The van der Waals surface area contributed by atoms with Crippen LogP contribution in [0.1, 0.15) is 0 Å². The van der Waals surface area contributed by atoms with E-state index < -0.39 is 0 Å². The molecular weight excluding hydrogens is 260 g/mol. The van der Waals surface area contributed by atoms with Gasteiger partial charge in [0.25, 0.3) is 0 Å². The maximum absolute atomic E-state index is 6.52. The summed E-state index contributed by atoms with van der Waals surface area (Å²) in [5, 5.41) is 9.94. The normalized spacial score (nSPS) is 10.9. The van der Waals surface area contributed by atoms with E-state index in [0.717, 1.165) is 32.7 Å². The third-order valence-electron chi connectivity index (χ3n) is 3.11. The first kappa shape index (κ1) is 12.0. The van der Waals surface area contributed by atoms with Crippen molar-refractivity contribution >= 4 is 28.2 Å². The van der Waals surface area contributed by atoms with E-state index in [1.807, 2.05) is 50.9 Å². The van der Waals surface area contributed by atoms with Gasteiger partial charge in [0, 0.05) is 48.4 Å². The first-order valence-electron chi connectivity index (χ1n) is 5.94. The molecule has 0 saturated carbocycles. The monoisotopic (exact) mass is 272 g/mol. The van der Waals surface area contributed by atoms with Crippen LogP contribution in [0.5, 0.6) is 0 Å². The molecule has 19 heavy (non-hydrogen) atoms. The Morgan fingerprint density at radius 1 is 1.26 bits per heavy atom. The summed E-state index contributed by atoms with van der Waals surface area (Å²) in [6.07, 6.45) is 5.58. The van der Waals surface area contributed by atoms with Gasteiger partial charge in [0.1, 0.15) is 5.82 Å². The fraction of sp³-hybridized carbons (Fsp3) is 0.143. The average Bonchev–Trinajstić information content (AvgIpc) is 2.85. The Morgan fingerprint density at radius 3 is 2.79 bits per heavy atom. The lowest BCUT2D eigenvalue weighted by Crippen LogP contribution is -1.92. The number of nitrogens with one attached hydrogen (secondary N) is 1. The standard InChI is InChI=1S/C14H13ClN4/c1-16-13-5-12-9(6-17-13)3-4-11(14(12)15)10-7-18-19(2)8-10/h3-8H,1-2H3,(H,16,17). The molecule has 4 nitrogen and oxygen atoms in total. The zero-order chi connectivity index (χ0) is 13.4. The predicted molar refractivity (Wildman–Crippen MR) is 78.5 cm³/mol. The van der Waals surface area contributed by atoms with E-state index in [9.17, 15) is 0 Å². The average molecular weight is 273 g/mol. The minimum Gasteiger partial charge on any atom is -0.373 e. The lowest BCUT2D eigenvalue weighted by molar-refractivity contribution is 0.768. The second kappa shape index (κ2) is 4.55. The summed E-state index contributed by atoms with van der Waals surface area (Å²) in [6.45, 7) is 0. The molecule has 2 heterocycles. The summed E-state index contributed by atoms with van der Waals surface area (Å²) in [7, 11) is 3.73. The highest BCUT2D eigenvalue weighted by Crippen LogP contribution is 2.34. The topological polar surface area (TPSA) is 42.7 Å². The van der Waals surface area contributed by atoms with Crippen molar-refractivity contribution in [1.29, 1.82) is 0 Å². The van der Waals surface area contributed by atoms with Crippen molar-refractivity contribution in [3.63, 3.8) is 0 Å². The van der Waals surface area contributed by atoms with Gasteiger partial charge >= 0.3 is 0 Å². The van der Waals surface area contributed by atoms with Gasteiger partial charge < -0.3 is 5.32 Å². The molecule has 0 unspecified atom stereocenters. The number of pyridine rings is 1. The Morgan fingerprint density at radius 2 is 2.11 bits per heavy atom. The summed E-state index contributed by atoms with van der Waals surface area (Å²) in [5.74, 6) is 0.803. The number of anilines is 1. The minimum atomic E-state index is 0.726. The van der Waals surface area contributed by atoms with E-state index in [0.29, 0.717) is 0 Å². The van der Waals surface area contributed by atoms with Crippen molar-refractivity contribution in [2.24, 2.45) is 7.05 Å². The Labute approximate surface area is 116 Å². The molecule has 0 spiro atoms. The summed E-state index contributed by atoms with van der Waals surface area (Å²) in [6, 6.07) is 5.98. The second-order valence-corrected chi connectivity index (χ2v) is 4.75. The second-order valence-electron chi connectivity index (χ2n) is 4.37. The SMILES string of the molecule is CNc1cc2c(Cl)c(-c3cnn(C)c3)ccc2cn1. The van der Waals surface area contributed by atoms with Crippen molar-refractivity contribution in [1.82, 2.24) is 14.8 Å². The van der Waals surface area contributed by atoms with E-state index in [1.165, 1.54) is 0 Å². The number of aromatic nitrogens is 3. The molecule has 0 aliphatic rings. The van der Waals surface area contributed by atoms with E-state index >= 15 is 0 Å². The van der Waals surface area contributed by atoms with Gasteiger partial charge in [-0.1, -0.05) is 23.7 Å². The zero-order valence-corrected chi connectivity index (χ0v) is 11.4. The molecule has 5 heteroatoms. The van der Waals surface area contributed by atoms with Gasteiger partial charge in [-0.2, -0.15) is 5.10 Å². The summed E-state index contributed by atoms with van der Waals surface area (Å²) < 4.78 is 1.77. The molecule has 0 aliphatic heterocycles. The van der Waals surface area contributed by atoms with Crippen LogP contribution in [0.25, 0.3) is 21.9 Å². The molecule has 0 saturated heterocycles. The van der Waals surface area contributed by atoms with Crippen LogP contribution < -0.4 is 5.32 Å². The fourth-order valence-electron chi connectivity index (χ4n) is 2.10. The third kappa shape index (κ3) is 2.04. The zero-order valence-electron chi connectivity index (χ0n) is 10.7. The number of aryl methyl sites for hydroxylation is 1. The largest absolute Gasteiger partial charge is 0.373 e. The maximum atomic E-state index is 6.52. The smallest absolute Gasteiger partial charge is 0.126 e. The van der Waals surface area contributed by atoms with Crippen molar-refractivity contribution in [3.05, 3.63) is 41.8 Å². The van der Waals surface area contributed by atoms with Gasteiger partial charge in [0.05, 0.1) is 11.2 Å². The van der Waals surface area contributed by atoms with E-state index in [1.54, 1.807) is 4.68 Å². The quantitative estimate of drug-likeness (QED) is 0.778. The maximum Gasteiger partial charge on any atom is 0.126 e. The molecule has 3 aromatic rings. The molecular formula is C14H13ClN4. The highest BCUT2D eigenvalue weighted by Gasteiger charge is 2.10. The number of halogens is 1. The number of hydrogen-bond donors (Lipinski definition) is 1. The van der Waals surface area contributed by atoms with Crippen LogP contribution in [0.4, 0.5) is 5.82 Å². The van der Waals surface area contributed by atoms with Crippen molar-refractivity contribution in [2.75, 3.05) is 12.4 Å². The van der Waals surface area contributed by atoms with E-state index in [-0.39, 0.29) is 0 Å². The molecule has 3 rings (SSSR count). The molecule has 0 bridgehead atoms. The van der Waals surface area contributed by atoms with Crippen LogP contribution in [0.15, 0.2) is 36.8 Å². The van der Waals surface area contributed by atoms with Crippen LogP contribution >= 0.6 is 11.6 Å². The van der Waals surface area contributed by atoms with Gasteiger partial charge in [-0.15, -0.1) is 0 Å². The highest BCUT2D eigenvalue weighted by molar-refractivity contribution is 6.38. The lowest BCUT2D eigenvalue weighted by atomic mass is 10.0. The number of hydrogen-bond acceptors (Lipinski definition) is 3. The first-order valence-corrected chi connectivity index (χ1v) is 6.32. The molecule has 2 aromatic heterocycles. The number of benzene rings is 1. The van der Waals surface area contributed by atoms with E-state index in [4.69, 9.17) is 11.6 Å². The summed E-state index contributed by atoms with van der Waals surface area (Å²) in [5.41, 5.74) is 1.99.